The molecular formula is C14H20N2O4. The molecule has 6 nitrogen and oxygen atoms in total. The first-order valence-electron chi connectivity index (χ1n) is 6.92. The SMILES string of the molecule is CCOC(=O)C1CCCN1C(=O)Cc1c(C)noc1C. The summed E-state index contributed by atoms with van der Waals surface area (Å²) in [5.41, 5.74) is 1.53. The van der Waals surface area contributed by atoms with Crippen LogP contribution in [0.25, 0.3) is 0 Å². The lowest BCUT2D eigenvalue weighted by molar-refractivity contribution is -0.152. The zero-order valence-electron chi connectivity index (χ0n) is 12.1. The molecule has 1 aromatic rings. The maximum atomic E-state index is 12.4. The summed E-state index contributed by atoms with van der Waals surface area (Å²) in [6, 6.07) is -0.442. The number of hydrogen-bond acceptors (Lipinski definition) is 5. The topological polar surface area (TPSA) is 72.6 Å². The number of aryl methyl sites for hydroxylation is 2. The minimum absolute atomic E-state index is 0.0741. The third-order valence-electron chi connectivity index (χ3n) is 3.64. The maximum absolute atomic E-state index is 12.4. The van der Waals surface area contributed by atoms with E-state index in [1.165, 1.54) is 0 Å². The van der Waals surface area contributed by atoms with Gasteiger partial charge in [0.15, 0.2) is 0 Å². The lowest BCUT2D eigenvalue weighted by Gasteiger charge is -2.23. The lowest BCUT2D eigenvalue weighted by Crippen LogP contribution is -2.42. The number of hydrogen-bond donors (Lipinski definition) is 0. The van der Waals surface area contributed by atoms with Crippen molar-refractivity contribution >= 4 is 11.9 Å². The molecule has 1 fully saturated rings. The van der Waals surface area contributed by atoms with Crippen LogP contribution in [-0.2, 0) is 20.7 Å². The second kappa shape index (κ2) is 6.07. The predicted octanol–water partition coefficient (Wildman–Crippen LogP) is 1.39. The fraction of sp³-hybridized carbons (Fsp3) is 0.643. The second-order valence-corrected chi connectivity index (χ2v) is 4.98. The molecule has 1 saturated heterocycles. The summed E-state index contributed by atoms with van der Waals surface area (Å²) >= 11 is 0. The van der Waals surface area contributed by atoms with Crippen molar-refractivity contribution in [2.45, 2.75) is 46.1 Å². The van der Waals surface area contributed by atoms with Gasteiger partial charge in [-0.15, -0.1) is 0 Å². The molecule has 1 aliphatic rings. The number of rotatable bonds is 4. The standard InChI is InChI=1S/C14H20N2O4/c1-4-19-14(18)12-6-5-7-16(12)13(17)8-11-9(2)15-20-10(11)3/h12H,4-8H2,1-3H3. The van der Waals surface area contributed by atoms with Crippen molar-refractivity contribution in [3.63, 3.8) is 0 Å². The number of esters is 1. The summed E-state index contributed by atoms with van der Waals surface area (Å²) in [6.45, 7) is 6.30. The van der Waals surface area contributed by atoms with E-state index < -0.39 is 6.04 Å². The van der Waals surface area contributed by atoms with Crippen LogP contribution in [0.3, 0.4) is 0 Å². The van der Waals surface area contributed by atoms with E-state index in [0.29, 0.717) is 25.3 Å². The predicted molar refractivity (Wildman–Crippen MR) is 71.0 cm³/mol. The average molecular weight is 280 g/mol. The molecule has 0 saturated carbocycles. The number of aromatic nitrogens is 1. The van der Waals surface area contributed by atoms with Gasteiger partial charge in [0.1, 0.15) is 11.8 Å². The van der Waals surface area contributed by atoms with Crippen molar-refractivity contribution in [3.8, 4) is 0 Å². The zero-order valence-corrected chi connectivity index (χ0v) is 12.1. The van der Waals surface area contributed by atoms with E-state index in [9.17, 15) is 9.59 Å². The van der Waals surface area contributed by atoms with Gasteiger partial charge in [0.25, 0.3) is 0 Å². The van der Waals surface area contributed by atoms with Crippen molar-refractivity contribution in [2.75, 3.05) is 13.2 Å². The first-order valence-corrected chi connectivity index (χ1v) is 6.92. The molecule has 0 aliphatic carbocycles. The van der Waals surface area contributed by atoms with E-state index in [1.807, 2.05) is 6.92 Å². The van der Waals surface area contributed by atoms with Crippen LogP contribution in [0.2, 0.25) is 0 Å². The maximum Gasteiger partial charge on any atom is 0.328 e. The van der Waals surface area contributed by atoms with E-state index in [4.69, 9.17) is 9.26 Å². The van der Waals surface area contributed by atoms with E-state index in [2.05, 4.69) is 5.16 Å². The van der Waals surface area contributed by atoms with Crippen LogP contribution in [0.15, 0.2) is 4.52 Å². The molecule has 2 rings (SSSR count). The molecule has 0 radical (unpaired) electrons. The van der Waals surface area contributed by atoms with E-state index in [-0.39, 0.29) is 18.3 Å². The van der Waals surface area contributed by atoms with Gasteiger partial charge in [-0.2, -0.15) is 0 Å². The van der Waals surface area contributed by atoms with Gasteiger partial charge in [0, 0.05) is 12.1 Å². The summed E-state index contributed by atoms with van der Waals surface area (Å²) < 4.78 is 10.1. The van der Waals surface area contributed by atoms with Gasteiger partial charge >= 0.3 is 5.97 Å². The molecule has 1 amide bonds. The Labute approximate surface area is 118 Å². The third-order valence-corrected chi connectivity index (χ3v) is 3.64. The number of ether oxygens (including phenoxy) is 1. The minimum Gasteiger partial charge on any atom is -0.464 e. The largest absolute Gasteiger partial charge is 0.464 e. The Balaban J connectivity index is 2.06. The lowest BCUT2D eigenvalue weighted by atomic mass is 10.1. The molecule has 1 aliphatic heterocycles. The number of amides is 1. The molecule has 1 unspecified atom stereocenters. The van der Waals surface area contributed by atoms with Gasteiger partial charge in [-0.1, -0.05) is 5.16 Å². The second-order valence-electron chi connectivity index (χ2n) is 4.98. The van der Waals surface area contributed by atoms with Crippen LogP contribution >= 0.6 is 0 Å². The van der Waals surface area contributed by atoms with Gasteiger partial charge < -0.3 is 14.2 Å². The van der Waals surface area contributed by atoms with Crippen molar-refractivity contribution in [1.29, 1.82) is 0 Å². The summed E-state index contributed by atoms with van der Waals surface area (Å²) in [7, 11) is 0. The summed E-state index contributed by atoms with van der Waals surface area (Å²) in [5.74, 6) is 0.273. The highest BCUT2D eigenvalue weighted by atomic mass is 16.5. The number of likely N-dealkylation sites (tertiary alicyclic amines) is 1. The minimum atomic E-state index is -0.442. The highest BCUT2D eigenvalue weighted by molar-refractivity contribution is 5.86. The first kappa shape index (κ1) is 14.6. The zero-order chi connectivity index (χ0) is 14.7. The Bertz CT molecular complexity index is 490. The number of carbonyl (C=O) groups is 2. The molecule has 1 aromatic heterocycles. The van der Waals surface area contributed by atoms with Crippen molar-refractivity contribution in [2.24, 2.45) is 0 Å². The van der Waals surface area contributed by atoms with Gasteiger partial charge in [0.05, 0.1) is 18.7 Å². The number of carbonyl (C=O) groups excluding carboxylic acids is 2. The first-order chi connectivity index (χ1) is 9.54. The van der Waals surface area contributed by atoms with Crippen LogP contribution < -0.4 is 0 Å². The molecule has 20 heavy (non-hydrogen) atoms. The van der Waals surface area contributed by atoms with Crippen LogP contribution in [0.1, 0.15) is 36.8 Å². The smallest absolute Gasteiger partial charge is 0.328 e. The molecule has 0 aromatic carbocycles. The monoisotopic (exact) mass is 280 g/mol. The Hall–Kier alpha value is -1.85. The van der Waals surface area contributed by atoms with Crippen LogP contribution in [0.5, 0.6) is 0 Å². The fourth-order valence-corrected chi connectivity index (χ4v) is 2.56. The normalized spacial score (nSPS) is 18.4. The van der Waals surface area contributed by atoms with Crippen molar-refractivity contribution < 1.29 is 18.8 Å². The van der Waals surface area contributed by atoms with Crippen molar-refractivity contribution in [1.82, 2.24) is 10.1 Å². The molecular weight excluding hydrogens is 260 g/mol. The van der Waals surface area contributed by atoms with Crippen molar-refractivity contribution in [3.05, 3.63) is 17.0 Å². The summed E-state index contributed by atoms with van der Waals surface area (Å²) in [5, 5.41) is 3.84. The molecule has 0 bridgehead atoms. The Kier molecular flexibility index (Phi) is 4.42. The number of nitrogens with zero attached hydrogens (tertiary/aromatic N) is 2. The van der Waals surface area contributed by atoms with E-state index in [1.54, 1.807) is 18.7 Å². The Morgan fingerprint density at radius 1 is 1.45 bits per heavy atom. The van der Waals surface area contributed by atoms with Crippen LogP contribution in [0.4, 0.5) is 0 Å². The molecule has 0 N–H and O–H groups in total. The van der Waals surface area contributed by atoms with Crippen LogP contribution in [0, 0.1) is 13.8 Å². The average Bonchev–Trinajstić information content (AvgIpc) is 3.01. The quantitative estimate of drug-likeness (QED) is 0.779. The highest BCUT2D eigenvalue weighted by Gasteiger charge is 2.35. The van der Waals surface area contributed by atoms with Gasteiger partial charge in [-0.3, -0.25) is 4.79 Å². The molecule has 0 spiro atoms. The third kappa shape index (κ3) is 2.84. The molecule has 2 heterocycles. The van der Waals surface area contributed by atoms with Crippen LogP contribution in [-0.4, -0.2) is 41.1 Å². The van der Waals surface area contributed by atoms with Gasteiger partial charge in [-0.05, 0) is 33.6 Å². The highest BCUT2D eigenvalue weighted by Crippen LogP contribution is 2.21. The van der Waals surface area contributed by atoms with Gasteiger partial charge in [0.2, 0.25) is 5.91 Å². The molecule has 110 valence electrons. The molecule has 1 atom stereocenters. The van der Waals surface area contributed by atoms with E-state index >= 15 is 0 Å². The van der Waals surface area contributed by atoms with Gasteiger partial charge in [-0.25, -0.2) is 4.79 Å². The Morgan fingerprint density at radius 2 is 2.20 bits per heavy atom. The van der Waals surface area contributed by atoms with E-state index in [0.717, 1.165) is 17.7 Å². The summed E-state index contributed by atoms with van der Waals surface area (Å²) in [4.78, 5) is 25.8. The fourth-order valence-electron chi connectivity index (χ4n) is 2.56. The molecule has 6 heteroatoms. The summed E-state index contributed by atoms with van der Waals surface area (Å²) in [6.07, 6.45) is 1.72. The Morgan fingerprint density at radius 3 is 2.80 bits per heavy atom.